The smallest absolute Gasteiger partial charge is 0.0901 e. The molecule has 0 saturated heterocycles. The van der Waals surface area contributed by atoms with E-state index in [2.05, 4.69) is 46.5 Å². The van der Waals surface area contributed by atoms with E-state index in [1.54, 1.807) is 11.3 Å². The van der Waals surface area contributed by atoms with Crippen LogP contribution in [0.25, 0.3) is 22.5 Å². The lowest BCUT2D eigenvalue weighted by Crippen LogP contribution is -1.87. The fourth-order valence-electron chi connectivity index (χ4n) is 2.06. The monoisotopic (exact) mass is 266 g/mol. The minimum atomic E-state index is 1.01. The maximum absolute atomic E-state index is 4.56. The first-order valence-corrected chi connectivity index (χ1v) is 7.06. The molecule has 0 aliphatic rings. The Kier molecular flexibility index (Phi) is 3.13. The molecule has 0 N–H and O–H groups in total. The van der Waals surface area contributed by atoms with Gasteiger partial charge in [-0.15, -0.1) is 11.3 Å². The minimum absolute atomic E-state index is 1.01. The van der Waals surface area contributed by atoms with Crippen LogP contribution in [0, 0.1) is 13.8 Å². The number of hydrogen-bond donors (Lipinski definition) is 0. The molecule has 0 fully saturated rings. The van der Waals surface area contributed by atoms with Crippen LogP contribution < -0.4 is 0 Å². The van der Waals surface area contributed by atoms with Gasteiger partial charge in [0.25, 0.3) is 0 Å². The van der Waals surface area contributed by atoms with Crippen LogP contribution in [0.2, 0.25) is 0 Å². The third-order valence-electron chi connectivity index (χ3n) is 3.10. The highest BCUT2D eigenvalue weighted by Gasteiger charge is 2.05. The predicted octanol–water partition coefficient (Wildman–Crippen LogP) is 4.49. The number of aryl methyl sites for hydroxylation is 2. The Morgan fingerprint density at radius 3 is 2.42 bits per heavy atom. The molecule has 2 aromatic heterocycles. The van der Waals surface area contributed by atoms with Crippen molar-refractivity contribution in [3.05, 3.63) is 58.5 Å². The van der Waals surface area contributed by atoms with E-state index < -0.39 is 0 Å². The van der Waals surface area contributed by atoms with Crippen LogP contribution in [0.4, 0.5) is 0 Å². The molecule has 0 unspecified atom stereocenters. The van der Waals surface area contributed by atoms with Gasteiger partial charge in [0, 0.05) is 22.7 Å². The number of nitrogens with zero attached hydrogens (tertiary/aromatic N) is 2. The highest BCUT2D eigenvalue weighted by molar-refractivity contribution is 7.09. The lowest BCUT2D eigenvalue weighted by molar-refractivity contribution is 1.26. The van der Waals surface area contributed by atoms with Gasteiger partial charge in [-0.3, -0.25) is 4.98 Å². The van der Waals surface area contributed by atoms with Crippen molar-refractivity contribution in [2.24, 2.45) is 0 Å². The van der Waals surface area contributed by atoms with Crippen molar-refractivity contribution in [3.63, 3.8) is 0 Å². The molecule has 0 bridgehead atoms. The molecular formula is C16H14N2S. The van der Waals surface area contributed by atoms with Crippen LogP contribution in [0.3, 0.4) is 0 Å². The van der Waals surface area contributed by atoms with E-state index in [1.165, 1.54) is 11.1 Å². The summed E-state index contributed by atoms with van der Waals surface area (Å²) in [6.07, 6.45) is 1.90. The number of benzene rings is 1. The van der Waals surface area contributed by atoms with Gasteiger partial charge in [0.15, 0.2) is 0 Å². The van der Waals surface area contributed by atoms with Crippen molar-refractivity contribution in [2.45, 2.75) is 13.8 Å². The van der Waals surface area contributed by atoms with Crippen LogP contribution >= 0.6 is 11.3 Å². The third-order valence-corrected chi connectivity index (χ3v) is 3.87. The minimum Gasteiger partial charge on any atom is -0.256 e. The molecule has 0 atom stereocenters. The third kappa shape index (κ3) is 2.42. The normalized spacial score (nSPS) is 10.6. The van der Waals surface area contributed by atoms with E-state index in [0.29, 0.717) is 0 Å². The molecule has 2 nitrogen and oxygen atoms in total. The van der Waals surface area contributed by atoms with E-state index in [4.69, 9.17) is 0 Å². The first-order valence-electron chi connectivity index (χ1n) is 6.18. The van der Waals surface area contributed by atoms with Crippen molar-refractivity contribution in [1.82, 2.24) is 9.97 Å². The molecule has 3 rings (SSSR count). The number of hydrogen-bond acceptors (Lipinski definition) is 3. The summed E-state index contributed by atoms with van der Waals surface area (Å²) < 4.78 is 0. The Hall–Kier alpha value is -2.00. The maximum atomic E-state index is 4.56. The van der Waals surface area contributed by atoms with E-state index in [0.717, 1.165) is 22.0 Å². The van der Waals surface area contributed by atoms with Crippen LogP contribution in [-0.4, -0.2) is 9.97 Å². The fourth-order valence-corrected chi connectivity index (χ4v) is 2.68. The van der Waals surface area contributed by atoms with Gasteiger partial charge in [-0.05, 0) is 31.5 Å². The zero-order chi connectivity index (χ0) is 13.2. The Labute approximate surface area is 116 Å². The molecule has 1 aromatic carbocycles. The Bertz CT molecular complexity index is 699. The summed E-state index contributed by atoms with van der Waals surface area (Å²) >= 11 is 1.66. The summed E-state index contributed by atoms with van der Waals surface area (Å²) in [6, 6.07) is 12.4. The highest BCUT2D eigenvalue weighted by Crippen LogP contribution is 2.25. The first kappa shape index (κ1) is 12.1. The second kappa shape index (κ2) is 4.94. The zero-order valence-corrected chi connectivity index (χ0v) is 11.7. The molecule has 0 radical (unpaired) electrons. The van der Waals surface area contributed by atoms with E-state index in [-0.39, 0.29) is 0 Å². The molecule has 3 aromatic rings. The Morgan fingerprint density at radius 2 is 1.79 bits per heavy atom. The van der Waals surface area contributed by atoms with Gasteiger partial charge in [0.05, 0.1) is 16.4 Å². The summed E-state index contributed by atoms with van der Waals surface area (Å²) in [5.74, 6) is 0. The number of pyridine rings is 1. The molecule has 0 saturated carbocycles. The van der Waals surface area contributed by atoms with Crippen LogP contribution in [0.5, 0.6) is 0 Å². The topological polar surface area (TPSA) is 25.8 Å². The second-order valence-electron chi connectivity index (χ2n) is 4.50. The number of aromatic nitrogens is 2. The SMILES string of the molecule is Cc1nc(-c2ccc(-c3ccccc3C)nc2)cs1. The molecular weight excluding hydrogens is 252 g/mol. The average Bonchev–Trinajstić information content (AvgIpc) is 2.86. The van der Waals surface area contributed by atoms with Crippen molar-refractivity contribution < 1.29 is 0 Å². The molecule has 94 valence electrons. The van der Waals surface area contributed by atoms with Gasteiger partial charge < -0.3 is 0 Å². The first-order chi connectivity index (χ1) is 9.24. The summed E-state index contributed by atoms with van der Waals surface area (Å²) in [6.45, 7) is 4.12. The summed E-state index contributed by atoms with van der Waals surface area (Å²) in [5, 5.41) is 3.15. The largest absolute Gasteiger partial charge is 0.256 e. The molecule has 0 spiro atoms. The van der Waals surface area contributed by atoms with Gasteiger partial charge in [-0.2, -0.15) is 0 Å². The van der Waals surface area contributed by atoms with Gasteiger partial charge in [0.1, 0.15) is 0 Å². The van der Waals surface area contributed by atoms with Crippen molar-refractivity contribution in [1.29, 1.82) is 0 Å². The highest BCUT2D eigenvalue weighted by atomic mass is 32.1. The predicted molar refractivity (Wildman–Crippen MR) is 80.3 cm³/mol. The summed E-state index contributed by atoms with van der Waals surface area (Å²) in [5.41, 5.74) is 5.51. The number of rotatable bonds is 2. The van der Waals surface area contributed by atoms with Gasteiger partial charge in [-0.25, -0.2) is 4.98 Å². The van der Waals surface area contributed by atoms with E-state index in [9.17, 15) is 0 Å². The Morgan fingerprint density at radius 1 is 0.947 bits per heavy atom. The lowest BCUT2D eigenvalue weighted by Gasteiger charge is -2.05. The number of thiazole rings is 1. The fraction of sp³-hybridized carbons (Fsp3) is 0.125. The molecule has 0 aliphatic heterocycles. The molecule has 2 heterocycles. The maximum Gasteiger partial charge on any atom is 0.0901 e. The van der Waals surface area contributed by atoms with Crippen molar-refractivity contribution in [2.75, 3.05) is 0 Å². The molecule has 0 amide bonds. The molecule has 0 aliphatic carbocycles. The van der Waals surface area contributed by atoms with Crippen LogP contribution in [-0.2, 0) is 0 Å². The Balaban J connectivity index is 1.97. The van der Waals surface area contributed by atoms with Crippen LogP contribution in [0.15, 0.2) is 48.0 Å². The molecule has 3 heteroatoms. The lowest BCUT2D eigenvalue weighted by atomic mass is 10.0. The van der Waals surface area contributed by atoms with Gasteiger partial charge >= 0.3 is 0 Å². The van der Waals surface area contributed by atoms with Crippen molar-refractivity contribution in [3.8, 4) is 22.5 Å². The van der Waals surface area contributed by atoms with Gasteiger partial charge in [0.2, 0.25) is 0 Å². The standard InChI is InChI=1S/C16H14N2S/c1-11-5-3-4-6-14(11)15-8-7-13(9-17-15)16-10-19-12(2)18-16/h3-10H,1-2H3. The summed E-state index contributed by atoms with van der Waals surface area (Å²) in [4.78, 5) is 9.04. The van der Waals surface area contributed by atoms with E-state index in [1.807, 2.05) is 25.3 Å². The van der Waals surface area contributed by atoms with Crippen molar-refractivity contribution >= 4 is 11.3 Å². The van der Waals surface area contributed by atoms with Gasteiger partial charge in [-0.1, -0.05) is 24.3 Å². The second-order valence-corrected chi connectivity index (χ2v) is 5.56. The quantitative estimate of drug-likeness (QED) is 0.683. The van der Waals surface area contributed by atoms with Crippen LogP contribution in [0.1, 0.15) is 10.6 Å². The molecule has 19 heavy (non-hydrogen) atoms. The average molecular weight is 266 g/mol. The zero-order valence-electron chi connectivity index (χ0n) is 10.9. The van der Waals surface area contributed by atoms with E-state index >= 15 is 0 Å². The summed E-state index contributed by atoms with van der Waals surface area (Å²) in [7, 11) is 0.